The zero-order valence-electron chi connectivity index (χ0n) is 13.3. The van der Waals surface area contributed by atoms with Crippen molar-refractivity contribution in [1.29, 1.82) is 0 Å². The summed E-state index contributed by atoms with van der Waals surface area (Å²) in [5.74, 6) is -0.748. The average Bonchev–Trinajstić information content (AvgIpc) is 2.54. The lowest BCUT2D eigenvalue weighted by Gasteiger charge is -2.16. The van der Waals surface area contributed by atoms with Gasteiger partial charge < -0.3 is 21.1 Å². The molecule has 0 bridgehead atoms. The molecular weight excluding hydrogens is 367 g/mol. The van der Waals surface area contributed by atoms with Crippen molar-refractivity contribution in [1.82, 2.24) is 9.88 Å². The van der Waals surface area contributed by atoms with Crippen molar-refractivity contribution in [3.8, 4) is 5.75 Å². The number of carbonyl (C=O) groups is 2. The zero-order chi connectivity index (χ0) is 18.6. The quantitative estimate of drug-likeness (QED) is 0.794. The van der Waals surface area contributed by atoms with Crippen molar-refractivity contribution in [2.75, 3.05) is 19.3 Å². The molecule has 9 heteroatoms. The molecule has 0 aliphatic carbocycles. The maximum atomic E-state index is 12.3. The number of nitrogens with zero attached hydrogens (tertiary/aromatic N) is 2. The molecule has 0 aliphatic rings. The fraction of sp³-hybridized carbons (Fsp3) is 0.188. The van der Waals surface area contributed by atoms with Crippen LogP contribution in [0.25, 0.3) is 0 Å². The second-order valence-corrected chi connectivity index (χ2v) is 6.04. The van der Waals surface area contributed by atoms with Crippen LogP contribution in [0.3, 0.4) is 0 Å². The third kappa shape index (κ3) is 4.74. The molecule has 25 heavy (non-hydrogen) atoms. The van der Waals surface area contributed by atoms with E-state index >= 15 is 0 Å². The standard InChI is InChI=1S/C16H16Cl2N4O3/c1-22(7-14(19)23)16(24)9-5-13(15(20)21-6-9)25-8-10-11(17)3-2-4-12(10)18/h2-6H,7-8H2,1H3,(H2,19,23)(H2,20,21). The number of likely N-dealkylation sites (N-methyl/N-ethyl adjacent to an activating group) is 1. The summed E-state index contributed by atoms with van der Waals surface area (Å²) in [6, 6.07) is 6.53. The maximum absolute atomic E-state index is 12.3. The zero-order valence-corrected chi connectivity index (χ0v) is 14.8. The molecule has 2 amide bonds. The number of benzene rings is 1. The molecule has 0 unspecified atom stereocenters. The molecule has 4 N–H and O–H groups in total. The van der Waals surface area contributed by atoms with E-state index in [0.29, 0.717) is 15.6 Å². The Morgan fingerprint density at radius 3 is 2.52 bits per heavy atom. The Balaban J connectivity index is 2.19. The van der Waals surface area contributed by atoms with E-state index in [2.05, 4.69) is 4.98 Å². The normalized spacial score (nSPS) is 10.4. The highest BCUT2D eigenvalue weighted by atomic mass is 35.5. The van der Waals surface area contributed by atoms with Crippen molar-refractivity contribution in [3.63, 3.8) is 0 Å². The summed E-state index contributed by atoms with van der Waals surface area (Å²) in [4.78, 5) is 28.3. The number of halogens is 2. The molecule has 0 atom stereocenters. The van der Waals surface area contributed by atoms with Gasteiger partial charge in [-0.2, -0.15) is 0 Å². The summed E-state index contributed by atoms with van der Waals surface area (Å²) in [6.45, 7) is -0.159. The second-order valence-electron chi connectivity index (χ2n) is 5.22. The summed E-state index contributed by atoms with van der Waals surface area (Å²) in [6.07, 6.45) is 1.30. The van der Waals surface area contributed by atoms with E-state index in [1.807, 2.05) is 0 Å². The van der Waals surface area contributed by atoms with Crippen LogP contribution in [0.1, 0.15) is 15.9 Å². The molecule has 0 saturated carbocycles. The van der Waals surface area contributed by atoms with Crippen molar-refractivity contribution >= 4 is 40.8 Å². The predicted molar refractivity (Wildman–Crippen MR) is 95.6 cm³/mol. The molecule has 132 valence electrons. The van der Waals surface area contributed by atoms with Crippen molar-refractivity contribution < 1.29 is 14.3 Å². The van der Waals surface area contributed by atoms with Gasteiger partial charge in [-0.3, -0.25) is 9.59 Å². The van der Waals surface area contributed by atoms with Gasteiger partial charge in [0, 0.05) is 28.9 Å². The Kier molecular flexibility index (Phi) is 6.06. The maximum Gasteiger partial charge on any atom is 0.255 e. The highest BCUT2D eigenvalue weighted by Gasteiger charge is 2.16. The van der Waals surface area contributed by atoms with Gasteiger partial charge in [-0.05, 0) is 18.2 Å². The van der Waals surface area contributed by atoms with Gasteiger partial charge in [0.1, 0.15) is 6.61 Å². The van der Waals surface area contributed by atoms with Crippen LogP contribution in [0.15, 0.2) is 30.5 Å². The van der Waals surface area contributed by atoms with Gasteiger partial charge in [0.2, 0.25) is 5.91 Å². The molecule has 0 radical (unpaired) electrons. The van der Waals surface area contributed by atoms with Crippen LogP contribution >= 0.6 is 23.2 Å². The summed E-state index contributed by atoms with van der Waals surface area (Å²) >= 11 is 12.2. The Morgan fingerprint density at radius 1 is 1.28 bits per heavy atom. The largest absolute Gasteiger partial charge is 0.485 e. The minimum atomic E-state index is -0.621. The Hall–Kier alpha value is -2.51. The van der Waals surface area contributed by atoms with Gasteiger partial charge in [-0.1, -0.05) is 29.3 Å². The molecule has 1 aromatic carbocycles. The van der Waals surface area contributed by atoms with Crippen molar-refractivity contribution in [2.24, 2.45) is 5.73 Å². The summed E-state index contributed by atoms with van der Waals surface area (Å²) in [5, 5.41) is 0.903. The number of rotatable bonds is 6. The smallest absolute Gasteiger partial charge is 0.255 e. The third-order valence-corrected chi connectivity index (χ3v) is 4.01. The number of nitrogens with two attached hydrogens (primary N) is 2. The predicted octanol–water partition coefficient (Wildman–Crippen LogP) is 2.11. The molecule has 0 fully saturated rings. The SMILES string of the molecule is CN(CC(N)=O)C(=O)c1cnc(N)c(OCc2c(Cl)cccc2Cl)c1. The number of ether oxygens (including phenoxy) is 1. The Labute approximate surface area is 154 Å². The molecule has 0 spiro atoms. The number of primary amides is 1. The van der Waals surface area contributed by atoms with Crippen molar-refractivity contribution in [3.05, 3.63) is 51.6 Å². The first kappa shape index (κ1) is 18.8. The topological polar surface area (TPSA) is 112 Å². The number of hydrogen-bond acceptors (Lipinski definition) is 5. The van der Waals surface area contributed by atoms with E-state index < -0.39 is 11.8 Å². The number of anilines is 1. The summed E-state index contributed by atoms with van der Waals surface area (Å²) in [7, 11) is 1.45. The first-order chi connectivity index (χ1) is 11.8. The molecule has 1 heterocycles. The number of nitrogen functional groups attached to an aromatic ring is 1. The van der Waals surface area contributed by atoms with Crippen molar-refractivity contribution in [2.45, 2.75) is 6.61 Å². The minimum absolute atomic E-state index is 0.0547. The van der Waals surface area contributed by atoms with Gasteiger partial charge in [0.25, 0.3) is 5.91 Å². The van der Waals surface area contributed by atoms with E-state index in [0.717, 1.165) is 0 Å². The molecule has 2 rings (SSSR count). The van der Waals surface area contributed by atoms with E-state index in [1.54, 1.807) is 18.2 Å². The minimum Gasteiger partial charge on any atom is -0.485 e. The van der Waals surface area contributed by atoms with Crippen LogP contribution < -0.4 is 16.2 Å². The molecular formula is C16H16Cl2N4O3. The van der Waals surface area contributed by atoms with Gasteiger partial charge in [-0.25, -0.2) is 4.98 Å². The summed E-state index contributed by atoms with van der Waals surface area (Å²) < 4.78 is 5.62. The number of aromatic nitrogens is 1. The number of hydrogen-bond donors (Lipinski definition) is 2. The lowest BCUT2D eigenvalue weighted by molar-refractivity contribution is -0.118. The fourth-order valence-corrected chi connectivity index (χ4v) is 2.54. The monoisotopic (exact) mass is 382 g/mol. The van der Waals surface area contributed by atoms with E-state index in [1.165, 1.54) is 24.2 Å². The van der Waals surface area contributed by atoms with Gasteiger partial charge in [0.05, 0.1) is 12.1 Å². The molecule has 7 nitrogen and oxygen atoms in total. The third-order valence-electron chi connectivity index (χ3n) is 3.30. The first-order valence-electron chi connectivity index (χ1n) is 7.14. The van der Waals surface area contributed by atoms with Crippen LogP contribution in [0.5, 0.6) is 5.75 Å². The first-order valence-corrected chi connectivity index (χ1v) is 7.90. The van der Waals surface area contributed by atoms with Crippen LogP contribution in [0, 0.1) is 0 Å². The van der Waals surface area contributed by atoms with Crippen LogP contribution in [0.2, 0.25) is 10.0 Å². The molecule has 0 aliphatic heterocycles. The average molecular weight is 383 g/mol. The lowest BCUT2D eigenvalue weighted by Crippen LogP contribution is -2.35. The number of pyridine rings is 1. The lowest BCUT2D eigenvalue weighted by atomic mass is 10.2. The van der Waals surface area contributed by atoms with E-state index in [9.17, 15) is 9.59 Å². The van der Waals surface area contributed by atoms with Crippen LogP contribution in [0.4, 0.5) is 5.82 Å². The second kappa shape index (κ2) is 8.04. The van der Waals surface area contributed by atoms with Gasteiger partial charge in [0.15, 0.2) is 11.6 Å². The highest BCUT2D eigenvalue weighted by molar-refractivity contribution is 6.35. The number of amides is 2. The van der Waals surface area contributed by atoms with Gasteiger partial charge in [-0.15, -0.1) is 0 Å². The summed E-state index contributed by atoms with van der Waals surface area (Å²) in [5.41, 5.74) is 11.7. The van der Waals surface area contributed by atoms with Gasteiger partial charge >= 0.3 is 0 Å². The highest BCUT2D eigenvalue weighted by Crippen LogP contribution is 2.27. The Bertz CT molecular complexity index is 794. The molecule has 1 aromatic heterocycles. The van der Waals surface area contributed by atoms with Crippen LogP contribution in [-0.2, 0) is 11.4 Å². The fourth-order valence-electron chi connectivity index (χ4n) is 2.03. The van der Waals surface area contributed by atoms with Crippen LogP contribution in [-0.4, -0.2) is 35.3 Å². The molecule has 2 aromatic rings. The molecule has 0 saturated heterocycles. The Morgan fingerprint density at radius 2 is 1.92 bits per heavy atom. The number of carbonyl (C=O) groups excluding carboxylic acids is 2. The van der Waals surface area contributed by atoms with E-state index in [4.69, 9.17) is 39.4 Å². The van der Waals surface area contributed by atoms with E-state index in [-0.39, 0.29) is 30.3 Å².